The van der Waals surface area contributed by atoms with Gasteiger partial charge >= 0.3 is 0 Å². The molecule has 0 saturated carbocycles. The summed E-state index contributed by atoms with van der Waals surface area (Å²) in [6.45, 7) is 0. The van der Waals surface area contributed by atoms with E-state index in [1.165, 1.54) is 12.1 Å². The van der Waals surface area contributed by atoms with Crippen LogP contribution in [0.5, 0.6) is 0 Å². The summed E-state index contributed by atoms with van der Waals surface area (Å²) in [6.07, 6.45) is 2.75. The third-order valence-electron chi connectivity index (χ3n) is 4.44. The third-order valence-corrected chi connectivity index (χ3v) is 4.94. The molecule has 0 saturated heterocycles. The summed E-state index contributed by atoms with van der Waals surface area (Å²) in [7, 11) is 0. The Labute approximate surface area is 170 Å². The molecule has 4 rings (SSSR count). The average molecular weight is 438 g/mol. The van der Waals surface area contributed by atoms with E-state index >= 15 is 0 Å². The maximum absolute atomic E-state index is 13.3. The van der Waals surface area contributed by atoms with Crippen LogP contribution in [0.15, 0.2) is 77.4 Å². The van der Waals surface area contributed by atoms with Crippen LogP contribution in [0.4, 0.5) is 10.1 Å². The van der Waals surface area contributed by atoms with Gasteiger partial charge in [-0.15, -0.1) is 0 Å². The van der Waals surface area contributed by atoms with Crippen LogP contribution in [0.25, 0.3) is 16.9 Å². The summed E-state index contributed by atoms with van der Waals surface area (Å²) < 4.78 is 16.2. The number of amides is 1. The Hall–Kier alpha value is -2.99. The number of carbonyl (C=O) groups is 1. The molecule has 0 unspecified atom stereocenters. The zero-order valence-electron chi connectivity index (χ0n) is 14.9. The number of halogens is 2. The van der Waals surface area contributed by atoms with E-state index in [1.54, 1.807) is 12.1 Å². The Bertz CT molecular complexity index is 1140. The highest BCUT2D eigenvalue weighted by atomic mass is 79.9. The average Bonchev–Trinajstić information content (AvgIpc) is 3.05. The second-order valence-electron chi connectivity index (χ2n) is 6.40. The van der Waals surface area contributed by atoms with Gasteiger partial charge in [-0.25, -0.2) is 9.37 Å². The van der Waals surface area contributed by atoms with Crippen molar-refractivity contribution in [3.05, 3.63) is 88.9 Å². The minimum absolute atomic E-state index is 0.0750. The van der Waals surface area contributed by atoms with Crippen molar-refractivity contribution in [3.63, 3.8) is 0 Å². The fourth-order valence-electron chi connectivity index (χ4n) is 3.15. The lowest BCUT2D eigenvalue weighted by molar-refractivity contribution is -0.116. The number of nitrogens with one attached hydrogen (secondary N) is 1. The molecular formula is C22H17BrFN3O. The van der Waals surface area contributed by atoms with Crippen LogP contribution in [0.2, 0.25) is 0 Å². The monoisotopic (exact) mass is 437 g/mol. The molecule has 0 radical (unpaired) electrons. The van der Waals surface area contributed by atoms with Crippen molar-refractivity contribution in [1.29, 1.82) is 0 Å². The predicted molar refractivity (Wildman–Crippen MR) is 112 cm³/mol. The quantitative estimate of drug-likeness (QED) is 0.449. The lowest BCUT2D eigenvalue weighted by Gasteiger charge is -2.08. The number of hydrogen-bond acceptors (Lipinski definition) is 2. The summed E-state index contributed by atoms with van der Waals surface area (Å²) in [6, 6.07) is 19.5. The molecule has 0 atom stereocenters. The van der Waals surface area contributed by atoms with Gasteiger partial charge in [0.15, 0.2) is 0 Å². The largest absolute Gasteiger partial charge is 0.326 e. The SMILES string of the molecule is O=C(CCc1c(-c2ccc(F)cc2)nc2ccccn12)Nc1cccc(Br)c1. The van der Waals surface area contributed by atoms with E-state index in [0.29, 0.717) is 12.8 Å². The van der Waals surface area contributed by atoms with Crippen LogP contribution in [-0.4, -0.2) is 15.3 Å². The Morgan fingerprint density at radius 3 is 2.68 bits per heavy atom. The first kappa shape index (κ1) is 18.4. The highest BCUT2D eigenvalue weighted by Crippen LogP contribution is 2.26. The molecular weight excluding hydrogens is 421 g/mol. The molecule has 140 valence electrons. The van der Waals surface area contributed by atoms with Gasteiger partial charge in [0, 0.05) is 28.3 Å². The minimum Gasteiger partial charge on any atom is -0.326 e. The topological polar surface area (TPSA) is 46.4 Å². The first-order valence-corrected chi connectivity index (χ1v) is 9.67. The Morgan fingerprint density at radius 2 is 1.89 bits per heavy atom. The summed E-state index contributed by atoms with van der Waals surface area (Å²) in [4.78, 5) is 17.1. The molecule has 1 N–H and O–H groups in total. The Morgan fingerprint density at radius 1 is 1.07 bits per heavy atom. The first-order valence-electron chi connectivity index (χ1n) is 8.87. The van der Waals surface area contributed by atoms with Crippen molar-refractivity contribution < 1.29 is 9.18 Å². The van der Waals surface area contributed by atoms with Crippen molar-refractivity contribution in [3.8, 4) is 11.3 Å². The van der Waals surface area contributed by atoms with Gasteiger partial charge in [0.05, 0.1) is 11.4 Å². The standard InChI is InChI=1S/C22H17BrFN3O/c23-16-4-3-5-18(14-16)25-21(28)12-11-19-22(15-7-9-17(24)10-8-15)26-20-6-1-2-13-27(19)20/h1-10,13-14H,11-12H2,(H,25,28). The highest BCUT2D eigenvalue weighted by molar-refractivity contribution is 9.10. The van der Waals surface area contributed by atoms with E-state index in [2.05, 4.69) is 26.2 Å². The molecule has 28 heavy (non-hydrogen) atoms. The number of imidazole rings is 1. The molecule has 2 aromatic heterocycles. The smallest absolute Gasteiger partial charge is 0.224 e. The lowest BCUT2D eigenvalue weighted by atomic mass is 10.1. The second-order valence-corrected chi connectivity index (χ2v) is 7.32. The molecule has 0 aliphatic carbocycles. The summed E-state index contributed by atoms with van der Waals surface area (Å²) >= 11 is 3.40. The molecule has 2 aromatic carbocycles. The number of anilines is 1. The second kappa shape index (κ2) is 7.94. The molecule has 0 spiro atoms. The molecule has 1 amide bonds. The lowest BCUT2D eigenvalue weighted by Crippen LogP contribution is -2.13. The van der Waals surface area contributed by atoms with Crippen molar-refractivity contribution >= 4 is 33.2 Å². The van der Waals surface area contributed by atoms with Gasteiger partial charge < -0.3 is 9.72 Å². The van der Waals surface area contributed by atoms with E-state index < -0.39 is 0 Å². The summed E-state index contributed by atoms with van der Waals surface area (Å²) in [5, 5.41) is 2.91. The van der Waals surface area contributed by atoms with Gasteiger partial charge in [0.2, 0.25) is 5.91 Å². The molecule has 4 nitrogen and oxygen atoms in total. The molecule has 0 fully saturated rings. The van der Waals surface area contributed by atoms with Crippen LogP contribution in [0.1, 0.15) is 12.1 Å². The summed E-state index contributed by atoms with van der Waals surface area (Å²) in [5.41, 5.74) is 4.06. The Kier molecular flexibility index (Phi) is 5.21. The predicted octanol–water partition coefficient (Wildman–Crippen LogP) is 5.47. The molecule has 4 aromatic rings. The van der Waals surface area contributed by atoms with Crippen LogP contribution in [-0.2, 0) is 11.2 Å². The highest BCUT2D eigenvalue weighted by Gasteiger charge is 2.15. The third kappa shape index (κ3) is 3.97. The zero-order valence-corrected chi connectivity index (χ0v) is 16.5. The number of pyridine rings is 1. The number of rotatable bonds is 5. The van der Waals surface area contributed by atoms with E-state index in [0.717, 1.165) is 32.8 Å². The number of aryl methyl sites for hydroxylation is 1. The number of fused-ring (bicyclic) bond motifs is 1. The molecule has 0 bridgehead atoms. The molecule has 0 aliphatic rings. The van der Waals surface area contributed by atoms with Crippen molar-refractivity contribution in [1.82, 2.24) is 9.38 Å². The van der Waals surface area contributed by atoms with Crippen molar-refractivity contribution in [2.75, 3.05) is 5.32 Å². The van der Waals surface area contributed by atoms with Gasteiger partial charge in [-0.3, -0.25) is 4.79 Å². The maximum Gasteiger partial charge on any atom is 0.224 e. The fourth-order valence-corrected chi connectivity index (χ4v) is 3.55. The maximum atomic E-state index is 13.3. The number of carbonyl (C=O) groups excluding carboxylic acids is 1. The normalized spacial score (nSPS) is 10.9. The van der Waals surface area contributed by atoms with E-state index in [4.69, 9.17) is 0 Å². The van der Waals surface area contributed by atoms with Crippen LogP contribution < -0.4 is 5.32 Å². The van der Waals surface area contributed by atoms with E-state index in [-0.39, 0.29) is 11.7 Å². The van der Waals surface area contributed by atoms with Gasteiger partial charge in [-0.2, -0.15) is 0 Å². The Balaban J connectivity index is 1.59. The van der Waals surface area contributed by atoms with Crippen LogP contribution in [0, 0.1) is 5.82 Å². The number of aromatic nitrogens is 2. The zero-order chi connectivity index (χ0) is 19.5. The van der Waals surface area contributed by atoms with Crippen molar-refractivity contribution in [2.24, 2.45) is 0 Å². The number of hydrogen-bond donors (Lipinski definition) is 1. The van der Waals surface area contributed by atoms with Gasteiger partial charge in [0.25, 0.3) is 0 Å². The van der Waals surface area contributed by atoms with Gasteiger partial charge in [0.1, 0.15) is 11.5 Å². The minimum atomic E-state index is -0.289. The summed E-state index contributed by atoms with van der Waals surface area (Å²) in [5.74, 6) is -0.364. The number of nitrogens with zero attached hydrogens (tertiary/aromatic N) is 2. The van der Waals surface area contributed by atoms with Gasteiger partial charge in [-0.05, 0) is 61.0 Å². The van der Waals surface area contributed by atoms with E-state index in [1.807, 2.05) is 53.1 Å². The van der Waals surface area contributed by atoms with Crippen LogP contribution >= 0.6 is 15.9 Å². The van der Waals surface area contributed by atoms with Gasteiger partial charge in [-0.1, -0.05) is 28.1 Å². The van der Waals surface area contributed by atoms with Crippen LogP contribution in [0.3, 0.4) is 0 Å². The van der Waals surface area contributed by atoms with E-state index in [9.17, 15) is 9.18 Å². The molecule has 0 aliphatic heterocycles. The molecule has 2 heterocycles. The fraction of sp³-hybridized carbons (Fsp3) is 0.0909. The number of benzene rings is 2. The molecule has 6 heteroatoms. The first-order chi connectivity index (χ1) is 13.6. The van der Waals surface area contributed by atoms with Crippen molar-refractivity contribution in [2.45, 2.75) is 12.8 Å².